The van der Waals surface area contributed by atoms with E-state index in [9.17, 15) is 17.6 Å². The summed E-state index contributed by atoms with van der Waals surface area (Å²) in [7, 11) is -3.65. The second-order valence-electron chi connectivity index (χ2n) is 7.18. The van der Waals surface area contributed by atoms with E-state index in [2.05, 4.69) is 10.2 Å². The van der Waals surface area contributed by atoms with E-state index >= 15 is 0 Å². The van der Waals surface area contributed by atoms with Crippen LogP contribution in [0.3, 0.4) is 0 Å². The summed E-state index contributed by atoms with van der Waals surface area (Å²) < 4.78 is 39.1. The highest BCUT2D eigenvalue weighted by molar-refractivity contribution is 7.92. The normalized spacial score (nSPS) is 14.1. The van der Waals surface area contributed by atoms with Gasteiger partial charge in [-0.1, -0.05) is 12.1 Å². The molecule has 0 aromatic heterocycles. The summed E-state index contributed by atoms with van der Waals surface area (Å²) in [5, 5.41) is 2.82. The van der Waals surface area contributed by atoms with E-state index in [1.165, 1.54) is 31.0 Å². The third-order valence-corrected chi connectivity index (χ3v) is 6.09. The van der Waals surface area contributed by atoms with Crippen LogP contribution in [0.25, 0.3) is 0 Å². The molecular formula is C21H26FN3O3S. The Morgan fingerprint density at radius 2 is 1.76 bits per heavy atom. The quantitative estimate of drug-likeness (QED) is 0.710. The van der Waals surface area contributed by atoms with Crippen molar-refractivity contribution in [3.8, 4) is 0 Å². The van der Waals surface area contributed by atoms with Crippen LogP contribution in [0.4, 0.5) is 21.5 Å². The van der Waals surface area contributed by atoms with Crippen molar-refractivity contribution in [1.82, 2.24) is 0 Å². The molecule has 1 saturated heterocycles. The van der Waals surface area contributed by atoms with Crippen molar-refractivity contribution >= 4 is 33.0 Å². The standard InChI is InChI=1S/C21H26FN3O3S/c1-29(27,28)25(20-8-3-2-7-19(20)22)16-6-9-21(26)23-17-10-12-18(13-11-17)24-14-4-5-15-24/h2-3,7-8,10-13H,4-6,9,14-16H2,1H3,(H,23,26). The SMILES string of the molecule is CS(=O)(=O)N(CCCC(=O)Nc1ccc(N2CCCC2)cc1)c1ccccc1F. The number of para-hydroxylation sites is 1. The van der Waals surface area contributed by atoms with E-state index in [0.717, 1.165) is 29.3 Å². The predicted octanol–water partition coefficient (Wildman–Crippen LogP) is 3.61. The van der Waals surface area contributed by atoms with Gasteiger partial charge in [0, 0.05) is 37.4 Å². The molecular weight excluding hydrogens is 393 g/mol. The fourth-order valence-corrected chi connectivity index (χ4v) is 4.42. The van der Waals surface area contributed by atoms with Gasteiger partial charge in [-0.2, -0.15) is 0 Å². The third-order valence-electron chi connectivity index (χ3n) is 4.91. The summed E-state index contributed by atoms with van der Waals surface area (Å²) in [6.07, 6.45) is 3.85. The lowest BCUT2D eigenvalue weighted by molar-refractivity contribution is -0.116. The van der Waals surface area contributed by atoms with E-state index in [0.29, 0.717) is 5.69 Å². The minimum absolute atomic E-state index is 0.00657. The molecule has 3 rings (SSSR count). The molecule has 0 bridgehead atoms. The fraction of sp³-hybridized carbons (Fsp3) is 0.381. The molecule has 0 unspecified atom stereocenters. The van der Waals surface area contributed by atoms with Gasteiger partial charge in [-0.3, -0.25) is 9.10 Å². The number of sulfonamides is 1. The zero-order valence-electron chi connectivity index (χ0n) is 16.5. The van der Waals surface area contributed by atoms with Gasteiger partial charge in [0.25, 0.3) is 0 Å². The van der Waals surface area contributed by atoms with Crippen molar-refractivity contribution in [2.24, 2.45) is 0 Å². The second-order valence-corrected chi connectivity index (χ2v) is 9.09. The average molecular weight is 420 g/mol. The molecule has 1 aliphatic rings. The lowest BCUT2D eigenvalue weighted by atomic mass is 10.2. The molecule has 6 nitrogen and oxygen atoms in total. The number of nitrogens with zero attached hydrogens (tertiary/aromatic N) is 2. The van der Waals surface area contributed by atoms with Crippen LogP contribution in [0.2, 0.25) is 0 Å². The maximum Gasteiger partial charge on any atom is 0.232 e. The molecule has 156 valence electrons. The van der Waals surface area contributed by atoms with Gasteiger partial charge < -0.3 is 10.2 Å². The molecule has 8 heteroatoms. The average Bonchev–Trinajstić information content (AvgIpc) is 3.20. The summed E-state index contributed by atoms with van der Waals surface area (Å²) >= 11 is 0. The predicted molar refractivity (Wildman–Crippen MR) is 114 cm³/mol. The number of nitrogens with one attached hydrogen (secondary N) is 1. The molecule has 2 aromatic rings. The fourth-order valence-electron chi connectivity index (χ4n) is 3.46. The van der Waals surface area contributed by atoms with Gasteiger partial charge in [-0.15, -0.1) is 0 Å². The third kappa shape index (κ3) is 5.69. The molecule has 29 heavy (non-hydrogen) atoms. The number of amides is 1. The molecule has 2 aromatic carbocycles. The van der Waals surface area contributed by atoms with E-state index < -0.39 is 15.8 Å². The van der Waals surface area contributed by atoms with Crippen LogP contribution in [0, 0.1) is 5.82 Å². The zero-order valence-corrected chi connectivity index (χ0v) is 17.3. The van der Waals surface area contributed by atoms with Crippen LogP contribution >= 0.6 is 0 Å². The van der Waals surface area contributed by atoms with Crippen LogP contribution in [0.5, 0.6) is 0 Å². The van der Waals surface area contributed by atoms with E-state index in [4.69, 9.17) is 0 Å². The Hall–Kier alpha value is -2.61. The van der Waals surface area contributed by atoms with Gasteiger partial charge in [-0.25, -0.2) is 12.8 Å². The molecule has 0 saturated carbocycles. The molecule has 0 aliphatic carbocycles. The van der Waals surface area contributed by atoms with E-state index in [-0.39, 0.29) is 31.0 Å². The minimum atomic E-state index is -3.65. The van der Waals surface area contributed by atoms with Gasteiger partial charge in [0.2, 0.25) is 15.9 Å². The number of carbonyl (C=O) groups is 1. The molecule has 1 amide bonds. The smallest absolute Gasteiger partial charge is 0.232 e. The topological polar surface area (TPSA) is 69.7 Å². The Morgan fingerprint density at radius 3 is 2.38 bits per heavy atom. The number of carbonyl (C=O) groups excluding carboxylic acids is 1. The van der Waals surface area contributed by atoms with Crippen molar-refractivity contribution in [3.63, 3.8) is 0 Å². The van der Waals surface area contributed by atoms with E-state index in [1.54, 1.807) is 6.07 Å². The highest BCUT2D eigenvalue weighted by Gasteiger charge is 2.20. The summed E-state index contributed by atoms with van der Waals surface area (Å²) in [6.45, 7) is 2.15. The summed E-state index contributed by atoms with van der Waals surface area (Å²) in [5.74, 6) is -0.818. The van der Waals surface area contributed by atoms with E-state index in [1.807, 2.05) is 24.3 Å². The lowest BCUT2D eigenvalue weighted by Gasteiger charge is -2.22. The Kier molecular flexibility index (Phi) is 6.74. The monoisotopic (exact) mass is 419 g/mol. The van der Waals surface area contributed by atoms with Gasteiger partial charge in [-0.05, 0) is 55.7 Å². The number of anilines is 3. The number of halogens is 1. The van der Waals surface area contributed by atoms with Crippen molar-refractivity contribution in [2.45, 2.75) is 25.7 Å². The van der Waals surface area contributed by atoms with Crippen molar-refractivity contribution in [1.29, 1.82) is 0 Å². The molecule has 1 N–H and O–H groups in total. The molecule has 1 fully saturated rings. The van der Waals surface area contributed by atoms with Crippen LogP contribution in [0.15, 0.2) is 48.5 Å². The van der Waals surface area contributed by atoms with Gasteiger partial charge in [0.1, 0.15) is 5.82 Å². The summed E-state index contributed by atoms with van der Waals surface area (Å²) in [5.41, 5.74) is 1.84. The first-order chi connectivity index (χ1) is 13.8. The first-order valence-electron chi connectivity index (χ1n) is 9.72. The maximum atomic E-state index is 14.0. The van der Waals surface area contributed by atoms with Crippen molar-refractivity contribution in [3.05, 3.63) is 54.3 Å². The summed E-state index contributed by atoms with van der Waals surface area (Å²) in [4.78, 5) is 14.5. The van der Waals surface area contributed by atoms with Gasteiger partial charge >= 0.3 is 0 Å². The first-order valence-corrected chi connectivity index (χ1v) is 11.6. The Morgan fingerprint density at radius 1 is 1.10 bits per heavy atom. The summed E-state index contributed by atoms with van der Waals surface area (Å²) in [6, 6.07) is 13.4. The largest absolute Gasteiger partial charge is 0.372 e. The van der Waals surface area contributed by atoms with Crippen LogP contribution < -0.4 is 14.5 Å². The Balaban J connectivity index is 1.53. The molecule has 0 atom stereocenters. The number of hydrogen-bond acceptors (Lipinski definition) is 4. The molecule has 0 spiro atoms. The van der Waals surface area contributed by atoms with Gasteiger partial charge in [0.15, 0.2) is 0 Å². The van der Waals surface area contributed by atoms with Gasteiger partial charge in [0.05, 0.1) is 11.9 Å². The zero-order chi connectivity index (χ0) is 20.9. The number of hydrogen-bond donors (Lipinski definition) is 1. The van der Waals surface area contributed by atoms with Crippen LogP contribution in [-0.2, 0) is 14.8 Å². The highest BCUT2D eigenvalue weighted by atomic mass is 32.2. The number of benzene rings is 2. The molecule has 1 heterocycles. The number of rotatable bonds is 8. The minimum Gasteiger partial charge on any atom is -0.372 e. The highest BCUT2D eigenvalue weighted by Crippen LogP contribution is 2.23. The lowest BCUT2D eigenvalue weighted by Crippen LogP contribution is -2.32. The second kappa shape index (κ2) is 9.26. The Bertz CT molecular complexity index is 942. The first kappa shape index (κ1) is 21.1. The maximum absolute atomic E-state index is 14.0. The van der Waals surface area contributed by atoms with Crippen molar-refractivity contribution in [2.75, 3.05) is 40.4 Å². The van der Waals surface area contributed by atoms with Crippen LogP contribution in [-0.4, -0.2) is 40.2 Å². The Labute approximate surface area is 171 Å². The van der Waals surface area contributed by atoms with Crippen LogP contribution in [0.1, 0.15) is 25.7 Å². The molecule has 0 radical (unpaired) electrons. The molecule has 1 aliphatic heterocycles. The van der Waals surface area contributed by atoms with Crippen molar-refractivity contribution < 1.29 is 17.6 Å².